The van der Waals surface area contributed by atoms with Gasteiger partial charge in [-0.15, -0.1) is 0 Å². The number of hydrogen-bond acceptors (Lipinski definition) is 3. The summed E-state index contributed by atoms with van der Waals surface area (Å²) in [6.07, 6.45) is 14.3. The second-order valence-electron chi connectivity index (χ2n) is 7.66. The zero-order valence-corrected chi connectivity index (χ0v) is 16.0. The highest BCUT2D eigenvalue weighted by Crippen LogP contribution is 2.31. The van der Waals surface area contributed by atoms with Gasteiger partial charge < -0.3 is 10.2 Å². The number of nitrogens with one attached hydrogen (secondary N) is 1. The minimum absolute atomic E-state index is 0.00764. The Balaban J connectivity index is 1.58. The number of hydrogen-bond donors (Lipinski definition) is 1. The van der Waals surface area contributed by atoms with Gasteiger partial charge >= 0.3 is 6.03 Å². The van der Waals surface area contributed by atoms with Crippen molar-refractivity contribution in [1.29, 1.82) is 0 Å². The largest absolute Gasteiger partial charge is 0.332 e. The average Bonchev–Trinajstić information content (AvgIpc) is 2.76. The van der Waals surface area contributed by atoms with Crippen molar-refractivity contribution in [2.75, 3.05) is 19.3 Å². The van der Waals surface area contributed by atoms with Gasteiger partial charge in [0.25, 0.3) is 0 Å². The first kappa shape index (κ1) is 18.7. The molecule has 0 radical (unpaired) electrons. The molecule has 1 aliphatic heterocycles. The maximum Gasteiger partial charge on any atom is 0.317 e. The molecule has 1 saturated carbocycles. The summed E-state index contributed by atoms with van der Waals surface area (Å²) >= 11 is 0. The minimum Gasteiger partial charge on any atom is -0.332 e. The molecule has 2 fully saturated rings. The normalized spacial score (nSPS) is 28.5. The van der Waals surface area contributed by atoms with E-state index >= 15 is 0 Å². The van der Waals surface area contributed by atoms with E-state index in [1.54, 1.807) is 4.31 Å². The second-order valence-corrected chi connectivity index (χ2v) is 9.55. The first-order chi connectivity index (χ1) is 11.9. The van der Waals surface area contributed by atoms with E-state index in [0.29, 0.717) is 13.1 Å². The molecular weight excluding hydrogens is 338 g/mol. The van der Waals surface area contributed by atoms with Crippen molar-refractivity contribution in [2.24, 2.45) is 0 Å². The van der Waals surface area contributed by atoms with Crippen LogP contribution in [0, 0.1) is 0 Å². The lowest BCUT2D eigenvalue weighted by molar-refractivity contribution is 0.161. The second kappa shape index (κ2) is 8.08. The highest BCUT2D eigenvalue weighted by Gasteiger charge is 2.37. The monoisotopic (exact) mass is 369 g/mol. The number of carbonyl (C=O) groups is 1. The van der Waals surface area contributed by atoms with Gasteiger partial charge in [0, 0.05) is 31.2 Å². The van der Waals surface area contributed by atoms with Crippen LogP contribution in [0.2, 0.25) is 0 Å². The fourth-order valence-electron chi connectivity index (χ4n) is 4.20. The van der Waals surface area contributed by atoms with Gasteiger partial charge in [0.2, 0.25) is 10.0 Å². The van der Waals surface area contributed by atoms with Gasteiger partial charge in [0.05, 0.1) is 6.26 Å². The molecule has 25 heavy (non-hydrogen) atoms. The van der Waals surface area contributed by atoms with E-state index in [1.807, 2.05) is 4.90 Å². The Morgan fingerprint density at radius 3 is 2.36 bits per heavy atom. The summed E-state index contributed by atoms with van der Waals surface area (Å²) in [6, 6.07) is 0.343. The van der Waals surface area contributed by atoms with Crippen LogP contribution < -0.4 is 5.32 Å². The number of allylic oxidation sites excluding steroid dienone is 1. The molecule has 0 aromatic carbocycles. The van der Waals surface area contributed by atoms with Crippen molar-refractivity contribution in [3.05, 3.63) is 12.2 Å². The van der Waals surface area contributed by atoms with Crippen LogP contribution in [-0.4, -0.2) is 61.1 Å². The molecule has 2 atom stereocenters. The molecule has 0 aromatic heterocycles. The number of amides is 2. The number of likely N-dealkylation sites (tertiary alicyclic amines) is 1. The molecule has 2 amide bonds. The number of carbonyl (C=O) groups excluding carboxylic acids is 1. The molecule has 2 unspecified atom stereocenters. The van der Waals surface area contributed by atoms with Crippen molar-refractivity contribution >= 4 is 16.1 Å². The predicted octanol–water partition coefficient (Wildman–Crippen LogP) is 2.47. The molecule has 2 aliphatic carbocycles. The zero-order chi connectivity index (χ0) is 17.9. The summed E-state index contributed by atoms with van der Waals surface area (Å²) in [4.78, 5) is 14.4. The summed E-state index contributed by atoms with van der Waals surface area (Å²) in [5.41, 5.74) is 0. The standard InChI is InChI=1S/C18H31N3O3S/c1-25(23,24)21(16-9-5-10-16)17-11-6-13-20(14-12-17)18(22)19-15-7-3-2-4-8-15/h3,7,15-17H,2,4-6,8-14H2,1H3,(H,19,22). The van der Waals surface area contributed by atoms with Crippen molar-refractivity contribution in [3.8, 4) is 0 Å². The first-order valence-corrected chi connectivity index (χ1v) is 11.5. The van der Waals surface area contributed by atoms with Crippen LogP contribution >= 0.6 is 0 Å². The first-order valence-electron chi connectivity index (χ1n) is 9.66. The Morgan fingerprint density at radius 2 is 1.76 bits per heavy atom. The third-order valence-electron chi connectivity index (χ3n) is 5.73. The summed E-state index contributed by atoms with van der Waals surface area (Å²) in [7, 11) is -3.20. The Morgan fingerprint density at radius 1 is 1.04 bits per heavy atom. The summed E-state index contributed by atoms with van der Waals surface area (Å²) < 4.78 is 26.3. The molecule has 6 nitrogen and oxygen atoms in total. The summed E-state index contributed by atoms with van der Waals surface area (Å²) in [5, 5.41) is 3.10. The lowest BCUT2D eigenvalue weighted by atomic mass is 9.91. The molecule has 142 valence electrons. The van der Waals surface area contributed by atoms with Crippen LogP contribution in [0.4, 0.5) is 4.79 Å². The fourth-order valence-corrected chi connectivity index (χ4v) is 5.70. The van der Waals surface area contributed by atoms with E-state index in [2.05, 4.69) is 17.5 Å². The molecule has 1 N–H and O–H groups in total. The van der Waals surface area contributed by atoms with E-state index in [4.69, 9.17) is 0 Å². The van der Waals surface area contributed by atoms with Gasteiger partial charge in [-0.2, -0.15) is 4.31 Å². The Kier molecular flexibility index (Phi) is 6.04. The van der Waals surface area contributed by atoms with Gasteiger partial charge in [0.15, 0.2) is 0 Å². The lowest BCUT2D eigenvalue weighted by Gasteiger charge is -2.40. The van der Waals surface area contributed by atoms with Crippen LogP contribution in [0.15, 0.2) is 12.2 Å². The smallest absolute Gasteiger partial charge is 0.317 e. The Hall–Kier alpha value is -1.08. The van der Waals surface area contributed by atoms with Crippen molar-refractivity contribution in [3.63, 3.8) is 0 Å². The SMILES string of the molecule is CS(=O)(=O)N(C1CCC1)C1CCCN(C(=O)NC2C=CCCC2)CC1. The van der Waals surface area contributed by atoms with Crippen LogP contribution in [-0.2, 0) is 10.0 Å². The van der Waals surface area contributed by atoms with Gasteiger partial charge in [-0.25, -0.2) is 13.2 Å². The topological polar surface area (TPSA) is 69.7 Å². The van der Waals surface area contributed by atoms with Crippen LogP contribution in [0.1, 0.15) is 57.8 Å². The molecule has 0 spiro atoms. The molecule has 1 saturated heterocycles. The number of rotatable bonds is 4. The van der Waals surface area contributed by atoms with Crippen molar-refractivity contribution in [1.82, 2.24) is 14.5 Å². The van der Waals surface area contributed by atoms with E-state index in [9.17, 15) is 13.2 Å². The third-order valence-corrected chi connectivity index (χ3v) is 7.09. The van der Waals surface area contributed by atoms with Crippen molar-refractivity contribution in [2.45, 2.75) is 75.9 Å². The van der Waals surface area contributed by atoms with Crippen LogP contribution in [0.5, 0.6) is 0 Å². The highest BCUT2D eigenvalue weighted by atomic mass is 32.2. The highest BCUT2D eigenvalue weighted by molar-refractivity contribution is 7.88. The maximum absolute atomic E-state index is 12.5. The van der Waals surface area contributed by atoms with Crippen LogP contribution in [0.25, 0.3) is 0 Å². The van der Waals surface area contributed by atoms with Gasteiger partial charge in [-0.3, -0.25) is 0 Å². The molecule has 1 heterocycles. The number of nitrogens with zero attached hydrogens (tertiary/aromatic N) is 2. The molecule has 0 aromatic rings. The van der Waals surface area contributed by atoms with Crippen molar-refractivity contribution < 1.29 is 13.2 Å². The third kappa shape index (κ3) is 4.76. The van der Waals surface area contributed by atoms with Gasteiger partial charge in [-0.05, 0) is 51.4 Å². The lowest BCUT2D eigenvalue weighted by Crippen LogP contribution is -2.50. The zero-order valence-electron chi connectivity index (χ0n) is 15.2. The van der Waals surface area contributed by atoms with E-state index < -0.39 is 10.0 Å². The maximum atomic E-state index is 12.5. The number of urea groups is 1. The summed E-state index contributed by atoms with van der Waals surface area (Å²) in [5.74, 6) is 0. The molecule has 3 aliphatic rings. The molecule has 7 heteroatoms. The van der Waals surface area contributed by atoms with Gasteiger partial charge in [-0.1, -0.05) is 18.6 Å². The Labute approximate surface area is 151 Å². The van der Waals surface area contributed by atoms with E-state index in [-0.39, 0.29) is 24.2 Å². The van der Waals surface area contributed by atoms with Crippen LogP contribution in [0.3, 0.4) is 0 Å². The predicted molar refractivity (Wildman–Crippen MR) is 98.8 cm³/mol. The number of sulfonamides is 1. The fraction of sp³-hybridized carbons (Fsp3) is 0.833. The molecular formula is C18H31N3O3S. The van der Waals surface area contributed by atoms with Gasteiger partial charge in [0.1, 0.15) is 0 Å². The minimum atomic E-state index is -3.20. The molecule has 0 bridgehead atoms. The Bertz CT molecular complexity index is 601. The summed E-state index contributed by atoms with van der Waals surface area (Å²) in [6.45, 7) is 1.34. The molecule has 3 rings (SSSR count). The van der Waals surface area contributed by atoms with E-state index in [0.717, 1.165) is 57.8 Å². The average molecular weight is 370 g/mol. The van der Waals surface area contributed by atoms with E-state index in [1.165, 1.54) is 6.26 Å². The quantitative estimate of drug-likeness (QED) is 0.774.